The van der Waals surface area contributed by atoms with Crippen molar-refractivity contribution in [3.63, 3.8) is 0 Å². The van der Waals surface area contributed by atoms with E-state index in [2.05, 4.69) is 15.2 Å². The first kappa shape index (κ1) is 18.2. The summed E-state index contributed by atoms with van der Waals surface area (Å²) in [5.74, 6) is 0.439. The van der Waals surface area contributed by atoms with Gasteiger partial charge in [0.05, 0.1) is 19.2 Å². The first-order valence-corrected chi connectivity index (χ1v) is 8.24. The molecule has 7 heteroatoms. The van der Waals surface area contributed by atoms with E-state index in [1.54, 1.807) is 30.3 Å². The molecule has 0 spiro atoms. The van der Waals surface area contributed by atoms with Crippen LogP contribution in [0.2, 0.25) is 0 Å². The average molecular weight is 366 g/mol. The molecule has 0 radical (unpaired) electrons. The molecule has 0 aliphatic carbocycles. The molecule has 1 amide bonds. The Balaban J connectivity index is 1.53. The molecule has 1 N–H and O–H groups in total. The number of rotatable bonds is 7. The van der Waals surface area contributed by atoms with E-state index in [9.17, 15) is 9.59 Å². The number of methoxy groups -OCH3 is 1. The van der Waals surface area contributed by atoms with Gasteiger partial charge in [-0.25, -0.2) is 4.79 Å². The van der Waals surface area contributed by atoms with Gasteiger partial charge in [0.2, 0.25) is 5.91 Å². The van der Waals surface area contributed by atoms with E-state index in [0.29, 0.717) is 22.9 Å². The van der Waals surface area contributed by atoms with Gasteiger partial charge in [-0.15, -0.1) is 0 Å². The highest BCUT2D eigenvalue weighted by Crippen LogP contribution is 2.20. The third-order valence-electron chi connectivity index (χ3n) is 3.68. The van der Waals surface area contributed by atoms with Crippen LogP contribution < -0.4 is 10.1 Å². The molecule has 0 aliphatic rings. The lowest BCUT2D eigenvalue weighted by Gasteiger charge is -2.07. The predicted octanol–water partition coefficient (Wildman–Crippen LogP) is 3.07. The molecule has 3 aromatic rings. The highest BCUT2D eigenvalue weighted by atomic mass is 16.6. The summed E-state index contributed by atoms with van der Waals surface area (Å²) in [6.07, 6.45) is 0.0942. The molecule has 1 aromatic heterocycles. The lowest BCUT2D eigenvalue weighted by molar-refractivity contribution is -0.142. The van der Waals surface area contributed by atoms with Crippen LogP contribution in [0, 0.1) is 0 Å². The number of nitrogens with one attached hydrogen (secondary N) is 1. The van der Waals surface area contributed by atoms with Crippen LogP contribution in [0.3, 0.4) is 0 Å². The van der Waals surface area contributed by atoms with Gasteiger partial charge in [0.15, 0.2) is 12.4 Å². The fraction of sp³-hybridized carbons (Fsp3) is 0.150. The van der Waals surface area contributed by atoms with Crippen LogP contribution in [0.25, 0.3) is 11.3 Å². The lowest BCUT2D eigenvalue weighted by atomic mass is 10.1. The van der Waals surface area contributed by atoms with E-state index in [-0.39, 0.29) is 18.9 Å². The highest BCUT2D eigenvalue weighted by molar-refractivity contribution is 5.92. The Morgan fingerprint density at radius 1 is 1.07 bits per heavy atom. The summed E-state index contributed by atoms with van der Waals surface area (Å²) < 4.78 is 15.0. The molecule has 138 valence electrons. The third kappa shape index (κ3) is 5.18. The molecule has 3 rings (SSSR count). The number of carbonyl (C=O) groups excluding carboxylic acids is 2. The zero-order chi connectivity index (χ0) is 19.1. The van der Waals surface area contributed by atoms with Crippen LogP contribution in [-0.4, -0.2) is 30.7 Å². The maximum absolute atomic E-state index is 12.2. The van der Waals surface area contributed by atoms with Crippen molar-refractivity contribution in [2.45, 2.75) is 6.42 Å². The molecule has 0 atom stereocenters. The Hall–Kier alpha value is -3.61. The summed E-state index contributed by atoms with van der Waals surface area (Å²) in [6, 6.07) is 18.0. The van der Waals surface area contributed by atoms with Crippen molar-refractivity contribution in [2.75, 3.05) is 19.0 Å². The zero-order valence-corrected chi connectivity index (χ0v) is 14.7. The predicted molar refractivity (Wildman–Crippen MR) is 98.2 cm³/mol. The molecule has 0 saturated heterocycles. The maximum Gasteiger partial charge on any atom is 0.343 e. The SMILES string of the molecule is COC(=O)COc1ccc(NC(=O)Cc2cc(-c3ccccc3)on2)cc1. The fourth-order valence-corrected chi connectivity index (χ4v) is 2.34. The summed E-state index contributed by atoms with van der Waals surface area (Å²) >= 11 is 0. The molecule has 1 heterocycles. The Morgan fingerprint density at radius 3 is 2.52 bits per heavy atom. The summed E-state index contributed by atoms with van der Waals surface area (Å²) in [6.45, 7) is -0.169. The minimum absolute atomic E-state index is 0.0942. The summed E-state index contributed by atoms with van der Waals surface area (Å²) in [5, 5.41) is 6.71. The molecule has 0 bridgehead atoms. The molecule has 7 nitrogen and oxygen atoms in total. The molecule has 0 fully saturated rings. The standard InChI is InChI=1S/C20H18N2O5/c1-25-20(24)13-26-17-9-7-15(8-10-17)21-19(23)12-16-11-18(27-22-16)14-5-3-2-4-6-14/h2-11H,12-13H2,1H3,(H,21,23). The number of hydrogen-bond acceptors (Lipinski definition) is 6. The van der Waals surface area contributed by atoms with Gasteiger partial charge in [0.25, 0.3) is 0 Å². The van der Waals surface area contributed by atoms with Crippen LogP contribution in [0.1, 0.15) is 5.69 Å². The Morgan fingerprint density at radius 2 is 1.81 bits per heavy atom. The normalized spacial score (nSPS) is 10.3. The van der Waals surface area contributed by atoms with Crippen molar-refractivity contribution < 1.29 is 23.6 Å². The van der Waals surface area contributed by atoms with Crippen molar-refractivity contribution in [1.82, 2.24) is 5.16 Å². The smallest absolute Gasteiger partial charge is 0.343 e. The Labute approximate surface area is 155 Å². The molecular weight excluding hydrogens is 348 g/mol. The van der Waals surface area contributed by atoms with Crippen molar-refractivity contribution in [2.24, 2.45) is 0 Å². The Kier molecular flexibility index (Phi) is 5.84. The summed E-state index contributed by atoms with van der Waals surface area (Å²) in [7, 11) is 1.29. The zero-order valence-electron chi connectivity index (χ0n) is 14.7. The minimum Gasteiger partial charge on any atom is -0.482 e. The highest BCUT2D eigenvalue weighted by Gasteiger charge is 2.11. The van der Waals surface area contributed by atoms with Crippen LogP contribution in [-0.2, 0) is 20.7 Å². The first-order chi connectivity index (χ1) is 13.1. The number of esters is 1. The van der Waals surface area contributed by atoms with Gasteiger partial charge < -0.3 is 19.3 Å². The topological polar surface area (TPSA) is 90.7 Å². The second-order valence-corrected chi connectivity index (χ2v) is 5.66. The number of amides is 1. The van der Waals surface area contributed by atoms with Gasteiger partial charge >= 0.3 is 5.97 Å². The van der Waals surface area contributed by atoms with E-state index in [1.165, 1.54) is 7.11 Å². The van der Waals surface area contributed by atoms with E-state index in [4.69, 9.17) is 9.26 Å². The van der Waals surface area contributed by atoms with E-state index < -0.39 is 5.97 Å². The second kappa shape index (κ2) is 8.66. The molecule has 2 aromatic carbocycles. The maximum atomic E-state index is 12.2. The number of nitrogens with zero attached hydrogens (tertiary/aromatic N) is 1. The van der Waals surface area contributed by atoms with Gasteiger partial charge in [0, 0.05) is 17.3 Å². The number of ether oxygens (including phenoxy) is 2. The second-order valence-electron chi connectivity index (χ2n) is 5.66. The minimum atomic E-state index is -0.463. The number of aromatic nitrogens is 1. The number of hydrogen-bond donors (Lipinski definition) is 1. The first-order valence-electron chi connectivity index (χ1n) is 8.24. The van der Waals surface area contributed by atoms with Gasteiger partial charge in [-0.3, -0.25) is 4.79 Å². The van der Waals surface area contributed by atoms with Crippen molar-refractivity contribution in [1.29, 1.82) is 0 Å². The van der Waals surface area contributed by atoms with Crippen molar-refractivity contribution >= 4 is 17.6 Å². The molecule has 0 aliphatic heterocycles. The van der Waals surface area contributed by atoms with Crippen LogP contribution in [0.15, 0.2) is 65.2 Å². The van der Waals surface area contributed by atoms with Crippen LogP contribution >= 0.6 is 0 Å². The van der Waals surface area contributed by atoms with Crippen LogP contribution in [0.4, 0.5) is 5.69 Å². The van der Waals surface area contributed by atoms with Gasteiger partial charge in [0.1, 0.15) is 5.75 Å². The summed E-state index contributed by atoms with van der Waals surface area (Å²) in [5.41, 5.74) is 2.06. The quantitative estimate of drug-likeness (QED) is 0.646. The molecule has 0 unspecified atom stereocenters. The van der Waals surface area contributed by atoms with E-state index in [0.717, 1.165) is 5.56 Å². The van der Waals surface area contributed by atoms with E-state index >= 15 is 0 Å². The van der Waals surface area contributed by atoms with Gasteiger partial charge in [-0.2, -0.15) is 0 Å². The van der Waals surface area contributed by atoms with Crippen molar-refractivity contribution in [3.05, 3.63) is 66.4 Å². The lowest BCUT2D eigenvalue weighted by Crippen LogP contribution is -2.15. The number of carbonyl (C=O) groups is 2. The summed E-state index contributed by atoms with van der Waals surface area (Å²) in [4.78, 5) is 23.2. The van der Waals surface area contributed by atoms with Crippen molar-refractivity contribution in [3.8, 4) is 17.1 Å². The number of benzene rings is 2. The van der Waals surface area contributed by atoms with E-state index in [1.807, 2.05) is 30.3 Å². The fourth-order valence-electron chi connectivity index (χ4n) is 2.34. The average Bonchev–Trinajstić information content (AvgIpc) is 3.16. The van der Waals surface area contributed by atoms with Gasteiger partial charge in [-0.05, 0) is 24.3 Å². The largest absolute Gasteiger partial charge is 0.482 e. The molecular formula is C20H18N2O5. The van der Waals surface area contributed by atoms with Crippen LogP contribution in [0.5, 0.6) is 5.75 Å². The number of anilines is 1. The molecule has 0 saturated carbocycles. The molecule has 27 heavy (non-hydrogen) atoms. The van der Waals surface area contributed by atoms with Gasteiger partial charge in [-0.1, -0.05) is 35.5 Å². The third-order valence-corrected chi connectivity index (χ3v) is 3.68. The monoisotopic (exact) mass is 366 g/mol. The Bertz CT molecular complexity index is 904.